The van der Waals surface area contributed by atoms with Gasteiger partial charge < -0.3 is 14.3 Å². The Morgan fingerprint density at radius 1 is 1.33 bits per heavy atom. The molecule has 2 aromatic heterocycles. The quantitative estimate of drug-likeness (QED) is 0.452. The molecule has 1 aliphatic rings. The van der Waals surface area contributed by atoms with E-state index in [9.17, 15) is 14.7 Å². The summed E-state index contributed by atoms with van der Waals surface area (Å²) in [5.74, 6) is 1.18. The van der Waals surface area contributed by atoms with Gasteiger partial charge in [0, 0.05) is 17.4 Å². The molecule has 9 nitrogen and oxygen atoms in total. The standard InChI is InChI=1S/C19H16N4O5S2/c1-10-7-14(24)16(17(26)28-10)13-8-29-18-20-21-19(23(18)22-13)30-9-15(25)11-3-5-12(27-2)6-4-11/h3-7,24H,8-9H2,1-2H3. The zero-order valence-electron chi connectivity index (χ0n) is 16.0. The Morgan fingerprint density at radius 2 is 2.10 bits per heavy atom. The highest BCUT2D eigenvalue weighted by atomic mass is 32.2. The Morgan fingerprint density at radius 3 is 2.80 bits per heavy atom. The van der Waals surface area contributed by atoms with E-state index in [0.29, 0.717) is 38.9 Å². The molecule has 0 fully saturated rings. The Hall–Kier alpha value is -3.05. The molecule has 0 unspecified atom stereocenters. The van der Waals surface area contributed by atoms with E-state index < -0.39 is 5.63 Å². The minimum atomic E-state index is -0.660. The third-order valence-electron chi connectivity index (χ3n) is 4.23. The van der Waals surface area contributed by atoms with Crippen LogP contribution < -0.4 is 10.4 Å². The highest BCUT2D eigenvalue weighted by Gasteiger charge is 2.25. The number of carbonyl (C=O) groups excluding carboxylic acids is 1. The number of hydrogen-bond donors (Lipinski definition) is 1. The number of ether oxygens (including phenoxy) is 1. The van der Waals surface area contributed by atoms with Crippen LogP contribution in [-0.2, 0) is 0 Å². The zero-order chi connectivity index (χ0) is 21.3. The number of rotatable bonds is 6. The van der Waals surface area contributed by atoms with E-state index in [0.717, 1.165) is 0 Å². The minimum Gasteiger partial charge on any atom is -0.507 e. The van der Waals surface area contributed by atoms with Crippen LogP contribution in [0.4, 0.5) is 0 Å². The summed E-state index contributed by atoms with van der Waals surface area (Å²) in [5.41, 5.74) is 0.259. The van der Waals surface area contributed by atoms with Crippen LogP contribution >= 0.6 is 23.5 Å². The summed E-state index contributed by atoms with van der Waals surface area (Å²) in [7, 11) is 1.56. The molecular formula is C19H16N4O5S2. The maximum absolute atomic E-state index is 12.5. The molecule has 3 aromatic rings. The van der Waals surface area contributed by atoms with Crippen molar-refractivity contribution in [3.63, 3.8) is 0 Å². The first-order chi connectivity index (χ1) is 14.5. The Kier molecular flexibility index (Phi) is 5.64. The second-order valence-corrected chi connectivity index (χ2v) is 8.14. The number of aromatic hydroxyl groups is 1. The molecule has 1 aromatic carbocycles. The summed E-state index contributed by atoms with van der Waals surface area (Å²) in [6, 6.07) is 8.22. The van der Waals surface area contributed by atoms with Gasteiger partial charge in [0.15, 0.2) is 5.78 Å². The Balaban J connectivity index is 1.56. The predicted molar refractivity (Wildman–Crippen MR) is 112 cm³/mol. The first-order valence-electron chi connectivity index (χ1n) is 8.76. The number of carbonyl (C=O) groups is 1. The van der Waals surface area contributed by atoms with Crippen molar-refractivity contribution in [1.82, 2.24) is 14.9 Å². The van der Waals surface area contributed by atoms with Crippen LogP contribution in [0.15, 0.2) is 55.0 Å². The van der Waals surface area contributed by atoms with Crippen LogP contribution in [0, 0.1) is 6.92 Å². The first kappa shape index (κ1) is 20.2. The van der Waals surface area contributed by atoms with Crippen molar-refractivity contribution in [3.05, 3.63) is 57.6 Å². The first-order valence-corrected chi connectivity index (χ1v) is 10.7. The van der Waals surface area contributed by atoms with Crippen LogP contribution in [0.3, 0.4) is 0 Å². The number of thioether (sulfide) groups is 2. The lowest BCUT2D eigenvalue weighted by atomic mass is 10.1. The van der Waals surface area contributed by atoms with E-state index in [-0.39, 0.29) is 22.8 Å². The van der Waals surface area contributed by atoms with Gasteiger partial charge in [0.1, 0.15) is 22.8 Å². The molecule has 4 rings (SSSR count). The van der Waals surface area contributed by atoms with Crippen molar-refractivity contribution < 1.29 is 19.1 Å². The van der Waals surface area contributed by atoms with Crippen molar-refractivity contribution in [1.29, 1.82) is 0 Å². The van der Waals surface area contributed by atoms with Crippen LogP contribution in [0.2, 0.25) is 0 Å². The highest BCUT2D eigenvalue weighted by Crippen LogP contribution is 2.29. The van der Waals surface area contributed by atoms with Crippen LogP contribution in [0.1, 0.15) is 21.7 Å². The number of aromatic nitrogens is 3. The van der Waals surface area contributed by atoms with E-state index >= 15 is 0 Å². The number of Topliss-reactive ketones (excluding diaryl/α,β-unsaturated/α-hetero) is 1. The molecule has 1 N–H and O–H groups in total. The molecule has 1 aliphatic heterocycles. The molecule has 3 heterocycles. The molecule has 0 spiro atoms. The third-order valence-corrected chi connectivity index (χ3v) is 6.08. The normalized spacial score (nSPS) is 12.9. The fourth-order valence-electron chi connectivity index (χ4n) is 2.77. The summed E-state index contributed by atoms with van der Waals surface area (Å²) in [6.45, 7) is 1.58. The predicted octanol–water partition coefficient (Wildman–Crippen LogP) is 2.59. The van der Waals surface area contributed by atoms with Gasteiger partial charge in [0.05, 0.1) is 18.6 Å². The van der Waals surface area contributed by atoms with Gasteiger partial charge in [-0.05, 0) is 31.2 Å². The average molecular weight is 444 g/mol. The minimum absolute atomic E-state index is 0.0118. The molecule has 0 saturated heterocycles. The number of methoxy groups -OCH3 is 1. The molecule has 0 amide bonds. The van der Waals surface area contributed by atoms with E-state index in [2.05, 4.69) is 15.3 Å². The summed E-state index contributed by atoms with van der Waals surface area (Å²) in [4.78, 5) is 24.7. The SMILES string of the molecule is COc1ccc(C(=O)CSc2nnc3n2N=C(c2c(O)cc(C)oc2=O)CS3)cc1. The number of fused-ring (bicyclic) bond motifs is 1. The maximum Gasteiger partial charge on any atom is 0.348 e. The zero-order valence-corrected chi connectivity index (χ0v) is 17.6. The Labute approximate surface area is 179 Å². The molecule has 30 heavy (non-hydrogen) atoms. The van der Waals surface area contributed by atoms with Gasteiger partial charge >= 0.3 is 5.63 Å². The van der Waals surface area contributed by atoms with Crippen LogP contribution in [0.25, 0.3) is 0 Å². The van der Waals surface area contributed by atoms with Crippen LogP contribution in [0.5, 0.6) is 11.5 Å². The second kappa shape index (κ2) is 8.36. The van der Waals surface area contributed by atoms with Crippen molar-refractivity contribution >= 4 is 35.0 Å². The van der Waals surface area contributed by atoms with Gasteiger partial charge in [0.25, 0.3) is 0 Å². The van der Waals surface area contributed by atoms with Crippen molar-refractivity contribution in [2.75, 3.05) is 18.6 Å². The summed E-state index contributed by atoms with van der Waals surface area (Å²) < 4.78 is 11.6. The van der Waals surface area contributed by atoms with Crippen molar-refractivity contribution in [2.45, 2.75) is 17.2 Å². The van der Waals surface area contributed by atoms with Gasteiger partial charge in [-0.15, -0.1) is 10.2 Å². The fraction of sp³-hybridized carbons (Fsp3) is 0.211. The topological polar surface area (TPSA) is 120 Å². The molecular weight excluding hydrogens is 428 g/mol. The molecule has 0 radical (unpaired) electrons. The molecule has 0 saturated carbocycles. The van der Waals surface area contributed by atoms with Gasteiger partial charge in [0.2, 0.25) is 10.3 Å². The summed E-state index contributed by atoms with van der Waals surface area (Å²) in [5, 5.41) is 23.7. The second-order valence-electron chi connectivity index (χ2n) is 6.26. The number of aryl methyl sites for hydroxylation is 1. The number of ketones is 1. The largest absolute Gasteiger partial charge is 0.507 e. The summed E-state index contributed by atoms with van der Waals surface area (Å²) in [6.07, 6.45) is 0. The lowest BCUT2D eigenvalue weighted by Gasteiger charge is -2.13. The highest BCUT2D eigenvalue weighted by molar-refractivity contribution is 8.00. The van der Waals surface area contributed by atoms with Gasteiger partial charge in [-0.2, -0.15) is 9.78 Å². The van der Waals surface area contributed by atoms with Gasteiger partial charge in [-0.3, -0.25) is 4.79 Å². The lowest BCUT2D eigenvalue weighted by molar-refractivity contribution is 0.102. The average Bonchev–Trinajstić information content (AvgIpc) is 3.13. The number of nitrogens with zero attached hydrogens (tertiary/aromatic N) is 4. The molecule has 154 valence electrons. The van der Waals surface area contributed by atoms with Gasteiger partial charge in [-0.25, -0.2) is 4.79 Å². The molecule has 0 bridgehead atoms. The molecule has 11 heteroatoms. The van der Waals surface area contributed by atoms with Gasteiger partial charge in [-0.1, -0.05) is 23.5 Å². The molecule has 0 atom stereocenters. The smallest absolute Gasteiger partial charge is 0.348 e. The van der Waals surface area contributed by atoms with Crippen LogP contribution in [-0.4, -0.2) is 50.1 Å². The lowest BCUT2D eigenvalue weighted by Crippen LogP contribution is -2.21. The van der Waals surface area contributed by atoms with E-state index in [1.165, 1.54) is 34.3 Å². The van der Waals surface area contributed by atoms with Crippen molar-refractivity contribution in [2.24, 2.45) is 5.10 Å². The molecule has 0 aliphatic carbocycles. The number of hydrogen-bond acceptors (Lipinski definition) is 10. The maximum atomic E-state index is 12.5. The number of benzene rings is 1. The third kappa shape index (κ3) is 3.98. The Bertz CT molecular complexity index is 1200. The fourth-order valence-corrected chi connectivity index (χ4v) is 4.42. The van der Waals surface area contributed by atoms with E-state index in [4.69, 9.17) is 9.15 Å². The van der Waals surface area contributed by atoms with E-state index in [1.54, 1.807) is 38.3 Å². The summed E-state index contributed by atoms with van der Waals surface area (Å²) >= 11 is 2.51. The van der Waals surface area contributed by atoms with E-state index in [1.807, 2.05) is 0 Å². The van der Waals surface area contributed by atoms with Crippen molar-refractivity contribution in [3.8, 4) is 11.5 Å². The monoisotopic (exact) mass is 444 g/mol.